The molecule has 0 saturated carbocycles. The summed E-state index contributed by atoms with van der Waals surface area (Å²) in [6.07, 6.45) is 4.03. The first-order valence-electron chi connectivity index (χ1n) is 8.98. The lowest BCUT2D eigenvalue weighted by molar-refractivity contribution is 0.0426. The van der Waals surface area contributed by atoms with Crippen molar-refractivity contribution in [2.24, 2.45) is 10.4 Å². The minimum atomic E-state index is -0.791. The lowest BCUT2D eigenvalue weighted by atomic mass is 9.87. The molecule has 2 fully saturated rings. The lowest BCUT2D eigenvalue weighted by Crippen LogP contribution is -2.46. The Hall–Kier alpha value is -1.59. The van der Waals surface area contributed by atoms with Crippen LogP contribution in [0.25, 0.3) is 0 Å². The van der Waals surface area contributed by atoms with Gasteiger partial charge in [-0.05, 0) is 36.8 Å². The number of benzene rings is 1. The number of rotatable bonds is 2. The molecule has 2 heterocycles. The van der Waals surface area contributed by atoms with Crippen molar-refractivity contribution in [1.29, 1.82) is 0 Å². The van der Waals surface area contributed by atoms with Crippen LogP contribution < -0.4 is 5.32 Å². The number of ether oxygens (including phenoxy) is 1. The molecule has 0 aromatic heterocycles. The van der Waals surface area contributed by atoms with Gasteiger partial charge in [0.05, 0.1) is 13.2 Å². The van der Waals surface area contributed by atoms with Crippen LogP contribution in [-0.2, 0) is 16.8 Å². The van der Waals surface area contributed by atoms with Crippen LogP contribution >= 0.6 is 0 Å². The number of aliphatic imine (C=N–C) groups is 1. The standard InChI is InChI=1S/C19H27N3O2/c1-20-17(22-10-8-18(13-22)9-11-24-14-18)21-12-19(23)7-6-15-4-2-3-5-16(15)19/h2-5,23H,6-14H2,1H3,(H,20,21). The van der Waals surface area contributed by atoms with E-state index >= 15 is 0 Å². The fourth-order valence-corrected chi connectivity index (χ4v) is 4.50. The van der Waals surface area contributed by atoms with Gasteiger partial charge in [-0.3, -0.25) is 4.99 Å². The van der Waals surface area contributed by atoms with Gasteiger partial charge in [-0.1, -0.05) is 24.3 Å². The molecule has 5 heteroatoms. The van der Waals surface area contributed by atoms with Gasteiger partial charge in [0.25, 0.3) is 0 Å². The Kier molecular flexibility index (Phi) is 4.01. The SMILES string of the molecule is CN=C(NCC1(O)CCc2ccccc21)N1CCC2(CCOC2)C1. The molecule has 2 aliphatic heterocycles. The summed E-state index contributed by atoms with van der Waals surface area (Å²) < 4.78 is 5.61. The molecular formula is C19H27N3O2. The molecule has 1 aromatic carbocycles. The van der Waals surface area contributed by atoms with Crippen molar-refractivity contribution in [3.8, 4) is 0 Å². The first-order chi connectivity index (χ1) is 11.6. The predicted octanol–water partition coefficient (Wildman–Crippen LogP) is 1.51. The number of fused-ring (bicyclic) bond motifs is 1. The molecule has 4 rings (SSSR count). The van der Waals surface area contributed by atoms with Crippen LogP contribution in [0.4, 0.5) is 0 Å². The van der Waals surface area contributed by atoms with Gasteiger partial charge in [-0.15, -0.1) is 0 Å². The van der Waals surface area contributed by atoms with E-state index in [4.69, 9.17) is 4.74 Å². The van der Waals surface area contributed by atoms with E-state index in [9.17, 15) is 5.11 Å². The number of aryl methyl sites for hydroxylation is 1. The molecule has 0 amide bonds. The van der Waals surface area contributed by atoms with Crippen molar-refractivity contribution in [3.05, 3.63) is 35.4 Å². The Morgan fingerprint density at radius 3 is 3.00 bits per heavy atom. The van der Waals surface area contributed by atoms with Crippen LogP contribution in [0.1, 0.15) is 30.4 Å². The molecule has 2 N–H and O–H groups in total. The van der Waals surface area contributed by atoms with Crippen molar-refractivity contribution < 1.29 is 9.84 Å². The Morgan fingerprint density at radius 1 is 1.33 bits per heavy atom. The third-order valence-corrected chi connectivity index (χ3v) is 6.00. The maximum atomic E-state index is 11.1. The summed E-state index contributed by atoms with van der Waals surface area (Å²) in [5, 5.41) is 14.5. The van der Waals surface area contributed by atoms with Crippen molar-refractivity contribution >= 4 is 5.96 Å². The van der Waals surface area contributed by atoms with Crippen LogP contribution in [0.5, 0.6) is 0 Å². The molecular weight excluding hydrogens is 302 g/mol. The normalized spacial score (nSPS) is 32.6. The van der Waals surface area contributed by atoms with Crippen molar-refractivity contribution in [1.82, 2.24) is 10.2 Å². The molecule has 1 spiro atoms. The molecule has 130 valence electrons. The quantitative estimate of drug-likeness (QED) is 0.638. The predicted molar refractivity (Wildman–Crippen MR) is 94.1 cm³/mol. The smallest absolute Gasteiger partial charge is 0.193 e. The van der Waals surface area contributed by atoms with E-state index in [1.807, 2.05) is 25.2 Å². The zero-order valence-electron chi connectivity index (χ0n) is 14.4. The zero-order valence-corrected chi connectivity index (χ0v) is 14.4. The summed E-state index contributed by atoms with van der Waals surface area (Å²) in [5.41, 5.74) is 1.85. The van der Waals surface area contributed by atoms with E-state index in [-0.39, 0.29) is 0 Å². The van der Waals surface area contributed by atoms with Crippen LogP contribution in [0.3, 0.4) is 0 Å². The summed E-state index contributed by atoms with van der Waals surface area (Å²) in [5.74, 6) is 0.900. The van der Waals surface area contributed by atoms with Crippen molar-refractivity contribution in [2.45, 2.75) is 31.3 Å². The Labute approximate surface area is 143 Å². The van der Waals surface area contributed by atoms with E-state index in [1.165, 1.54) is 12.0 Å². The van der Waals surface area contributed by atoms with Crippen LogP contribution in [-0.4, -0.2) is 55.9 Å². The zero-order chi connectivity index (χ0) is 16.6. The number of guanidine groups is 1. The molecule has 2 atom stereocenters. The van der Waals surface area contributed by atoms with Gasteiger partial charge in [-0.2, -0.15) is 0 Å². The minimum absolute atomic E-state index is 0.314. The summed E-state index contributed by atoms with van der Waals surface area (Å²) >= 11 is 0. The summed E-state index contributed by atoms with van der Waals surface area (Å²) in [7, 11) is 1.82. The molecule has 0 bridgehead atoms. The van der Waals surface area contributed by atoms with E-state index in [0.717, 1.165) is 57.1 Å². The summed E-state index contributed by atoms with van der Waals surface area (Å²) in [4.78, 5) is 6.77. The molecule has 24 heavy (non-hydrogen) atoms. The van der Waals surface area contributed by atoms with Crippen LogP contribution in [0.15, 0.2) is 29.3 Å². The van der Waals surface area contributed by atoms with Gasteiger partial charge in [0.2, 0.25) is 0 Å². The number of likely N-dealkylation sites (tertiary alicyclic amines) is 1. The second-order valence-electron chi connectivity index (χ2n) is 7.56. The average Bonchev–Trinajstić information content (AvgIpc) is 3.31. The van der Waals surface area contributed by atoms with Crippen molar-refractivity contribution in [2.75, 3.05) is 39.9 Å². The molecule has 1 aliphatic carbocycles. The Bertz CT molecular complexity index is 639. The largest absolute Gasteiger partial charge is 0.383 e. The fraction of sp³-hybridized carbons (Fsp3) is 0.632. The van der Waals surface area contributed by atoms with Gasteiger partial charge >= 0.3 is 0 Å². The highest BCUT2D eigenvalue weighted by atomic mass is 16.5. The second kappa shape index (κ2) is 6.05. The molecule has 2 unspecified atom stereocenters. The highest BCUT2D eigenvalue weighted by Gasteiger charge is 2.43. The van der Waals surface area contributed by atoms with Gasteiger partial charge < -0.3 is 20.1 Å². The number of hydrogen-bond donors (Lipinski definition) is 2. The highest BCUT2D eigenvalue weighted by molar-refractivity contribution is 5.80. The number of nitrogens with one attached hydrogen (secondary N) is 1. The van der Waals surface area contributed by atoms with E-state index in [2.05, 4.69) is 21.3 Å². The highest BCUT2D eigenvalue weighted by Crippen LogP contribution is 2.39. The van der Waals surface area contributed by atoms with Crippen LogP contribution in [0, 0.1) is 5.41 Å². The molecule has 1 aromatic rings. The van der Waals surface area contributed by atoms with Gasteiger partial charge in [0.15, 0.2) is 5.96 Å². The molecule has 0 radical (unpaired) electrons. The monoisotopic (exact) mass is 329 g/mol. The fourth-order valence-electron chi connectivity index (χ4n) is 4.50. The third kappa shape index (κ3) is 2.70. The first kappa shape index (κ1) is 15.9. The maximum absolute atomic E-state index is 11.1. The topological polar surface area (TPSA) is 57.1 Å². The van der Waals surface area contributed by atoms with E-state index in [1.54, 1.807) is 0 Å². The Balaban J connectivity index is 1.42. The Morgan fingerprint density at radius 2 is 2.21 bits per heavy atom. The van der Waals surface area contributed by atoms with E-state index in [0.29, 0.717) is 12.0 Å². The second-order valence-corrected chi connectivity index (χ2v) is 7.56. The van der Waals surface area contributed by atoms with Gasteiger partial charge in [-0.25, -0.2) is 0 Å². The molecule has 5 nitrogen and oxygen atoms in total. The minimum Gasteiger partial charge on any atom is -0.383 e. The molecule has 3 aliphatic rings. The van der Waals surface area contributed by atoms with Crippen molar-refractivity contribution in [3.63, 3.8) is 0 Å². The third-order valence-electron chi connectivity index (χ3n) is 6.00. The van der Waals surface area contributed by atoms with Crippen LogP contribution in [0.2, 0.25) is 0 Å². The summed E-state index contributed by atoms with van der Waals surface area (Å²) in [6.45, 7) is 4.28. The number of aliphatic hydroxyl groups is 1. The number of nitrogens with zero attached hydrogens (tertiary/aromatic N) is 2. The van der Waals surface area contributed by atoms with E-state index < -0.39 is 5.60 Å². The average molecular weight is 329 g/mol. The number of hydrogen-bond acceptors (Lipinski definition) is 3. The molecule has 2 saturated heterocycles. The lowest BCUT2D eigenvalue weighted by Gasteiger charge is -2.29. The maximum Gasteiger partial charge on any atom is 0.193 e. The van der Waals surface area contributed by atoms with Gasteiger partial charge in [0, 0.05) is 32.2 Å². The first-order valence-corrected chi connectivity index (χ1v) is 8.98. The van der Waals surface area contributed by atoms with Gasteiger partial charge in [0.1, 0.15) is 5.60 Å². The summed E-state index contributed by atoms with van der Waals surface area (Å²) in [6, 6.07) is 8.22.